The number of allylic oxidation sites excluding steroid dienone is 16. The number of hydrogen-bond donors (Lipinski definition) is 0. The Hall–Kier alpha value is -3.67. The molecule has 0 N–H and O–H groups in total. The van der Waals surface area contributed by atoms with Gasteiger partial charge in [-0.3, -0.25) is 14.4 Å². The number of hydrogen-bond acceptors (Lipinski definition) is 6. The fraction of sp³-hybridized carbons (Fsp3) is 0.694. The molecule has 0 bridgehead atoms. The van der Waals surface area contributed by atoms with Gasteiger partial charge in [0.2, 0.25) is 0 Å². The molecule has 68 heavy (non-hydrogen) atoms. The summed E-state index contributed by atoms with van der Waals surface area (Å²) in [5, 5.41) is 0. The van der Waals surface area contributed by atoms with Crippen LogP contribution in [-0.2, 0) is 28.6 Å². The molecule has 0 fully saturated rings. The molecule has 0 aromatic rings. The topological polar surface area (TPSA) is 78.9 Å². The second-order valence-corrected chi connectivity index (χ2v) is 18.5. The Labute approximate surface area is 419 Å². The van der Waals surface area contributed by atoms with Gasteiger partial charge in [-0.05, 0) is 122 Å². The molecule has 388 valence electrons. The smallest absolute Gasteiger partial charge is 0.306 e. The summed E-state index contributed by atoms with van der Waals surface area (Å²) in [6.07, 6.45) is 73.9. The highest BCUT2D eigenvalue weighted by molar-refractivity contribution is 5.71. The minimum absolute atomic E-state index is 0.0979. The van der Waals surface area contributed by atoms with Crippen molar-refractivity contribution in [3.8, 4) is 0 Å². The third-order valence-corrected chi connectivity index (χ3v) is 11.8. The van der Waals surface area contributed by atoms with Crippen LogP contribution in [0.1, 0.15) is 258 Å². The SMILES string of the molecule is CC/C=C\C/C=C\C/C=C\CCCCCC(=O)OCC(COC(=O)CCCCCCCC/C=C\C/C=C\C/C=C\CCCCC)OC(=O)CCCCCCCCC/C=C\C/C=C\CCCCCC. The van der Waals surface area contributed by atoms with Crippen LogP contribution in [0.4, 0.5) is 0 Å². The highest BCUT2D eigenvalue weighted by Crippen LogP contribution is 2.14. The number of carbonyl (C=O) groups excluding carboxylic acids is 3. The van der Waals surface area contributed by atoms with Gasteiger partial charge in [0.1, 0.15) is 13.2 Å². The lowest BCUT2D eigenvalue weighted by atomic mass is 10.1. The van der Waals surface area contributed by atoms with E-state index in [2.05, 4.69) is 118 Å². The van der Waals surface area contributed by atoms with Crippen LogP contribution in [-0.4, -0.2) is 37.2 Å². The van der Waals surface area contributed by atoms with Crippen molar-refractivity contribution >= 4 is 17.9 Å². The molecule has 1 unspecified atom stereocenters. The van der Waals surface area contributed by atoms with Crippen molar-refractivity contribution in [1.82, 2.24) is 0 Å². The second kappa shape index (κ2) is 55.9. The van der Waals surface area contributed by atoms with Crippen LogP contribution >= 0.6 is 0 Å². The van der Waals surface area contributed by atoms with Crippen molar-refractivity contribution in [3.63, 3.8) is 0 Å². The number of carbonyl (C=O) groups is 3. The summed E-state index contributed by atoms with van der Waals surface area (Å²) in [7, 11) is 0. The van der Waals surface area contributed by atoms with E-state index in [9.17, 15) is 14.4 Å². The summed E-state index contributed by atoms with van der Waals surface area (Å²) >= 11 is 0. The largest absolute Gasteiger partial charge is 0.462 e. The van der Waals surface area contributed by atoms with Crippen LogP contribution in [0, 0.1) is 0 Å². The molecule has 0 rings (SSSR count). The quantitative estimate of drug-likeness (QED) is 0.0262. The molecular weight excluding hydrogens is 841 g/mol. The molecule has 6 nitrogen and oxygen atoms in total. The van der Waals surface area contributed by atoms with Crippen LogP contribution in [0.2, 0.25) is 0 Å². The van der Waals surface area contributed by atoms with Crippen molar-refractivity contribution in [2.24, 2.45) is 0 Å². The van der Waals surface area contributed by atoms with E-state index < -0.39 is 6.10 Å². The first kappa shape index (κ1) is 64.3. The fourth-order valence-electron chi connectivity index (χ4n) is 7.55. The lowest BCUT2D eigenvalue weighted by Crippen LogP contribution is -2.30. The zero-order valence-corrected chi connectivity index (χ0v) is 44.3. The van der Waals surface area contributed by atoms with E-state index in [1.807, 2.05) is 0 Å². The minimum Gasteiger partial charge on any atom is -0.462 e. The highest BCUT2D eigenvalue weighted by atomic mass is 16.6. The molecule has 0 aliphatic carbocycles. The van der Waals surface area contributed by atoms with Crippen LogP contribution in [0.25, 0.3) is 0 Å². The maximum absolute atomic E-state index is 12.8. The molecule has 0 saturated carbocycles. The van der Waals surface area contributed by atoms with Crippen LogP contribution in [0.15, 0.2) is 97.2 Å². The molecular formula is C62H104O6. The predicted octanol–water partition coefficient (Wildman–Crippen LogP) is 18.9. The first-order valence-electron chi connectivity index (χ1n) is 28.2. The van der Waals surface area contributed by atoms with E-state index in [0.717, 1.165) is 116 Å². The molecule has 0 heterocycles. The van der Waals surface area contributed by atoms with Crippen molar-refractivity contribution in [3.05, 3.63) is 97.2 Å². The van der Waals surface area contributed by atoms with Crippen molar-refractivity contribution in [2.45, 2.75) is 264 Å². The van der Waals surface area contributed by atoms with E-state index in [-0.39, 0.29) is 31.1 Å². The molecule has 0 amide bonds. The summed E-state index contributed by atoms with van der Waals surface area (Å²) < 4.78 is 16.8. The van der Waals surface area contributed by atoms with E-state index in [1.165, 1.54) is 103 Å². The monoisotopic (exact) mass is 945 g/mol. The molecule has 1 atom stereocenters. The Morgan fingerprint density at radius 1 is 0.309 bits per heavy atom. The van der Waals surface area contributed by atoms with E-state index in [0.29, 0.717) is 19.3 Å². The first-order valence-corrected chi connectivity index (χ1v) is 28.2. The Balaban J connectivity index is 4.45. The van der Waals surface area contributed by atoms with Gasteiger partial charge in [-0.1, -0.05) is 214 Å². The summed E-state index contributed by atoms with van der Waals surface area (Å²) in [6, 6.07) is 0. The van der Waals surface area contributed by atoms with Gasteiger partial charge >= 0.3 is 17.9 Å². The van der Waals surface area contributed by atoms with E-state index in [4.69, 9.17) is 14.2 Å². The van der Waals surface area contributed by atoms with Gasteiger partial charge in [0, 0.05) is 19.3 Å². The van der Waals surface area contributed by atoms with Crippen LogP contribution in [0.3, 0.4) is 0 Å². The van der Waals surface area contributed by atoms with Gasteiger partial charge in [0.25, 0.3) is 0 Å². The van der Waals surface area contributed by atoms with E-state index in [1.54, 1.807) is 0 Å². The molecule has 0 aliphatic heterocycles. The summed E-state index contributed by atoms with van der Waals surface area (Å²) in [5.41, 5.74) is 0. The molecule has 0 radical (unpaired) electrons. The molecule has 0 aromatic heterocycles. The maximum Gasteiger partial charge on any atom is 0.306 e. The molecule has 6 heteroatoms. The average molecular weight is 946 g/mol. The number of rotatable bonds is 50. The second-order valence-electron chi connectivity index (χ2n) is 18.5. The average Bonchev–Trinajstić information content (AvgIpc) is 3.34. The van der Waals surface area contributed by atoms with Gasteiger partial charge < -0.3 is 14.2 Å². The number of esters is 3. The standard InChI is InChI=1S/C62H104O6/c1-4-7-10-13-16-19-22-25-27-29-31-33-34-37-40-43-46-49-52-55-61(64)67-58-59(57-66-60(63)54-51-48-45-42-39-36-24-21-18-15-12-9-6-3)68-62(65)56-53-50-47-44-41-38-35-32-30-28-26-23-20-17-14-11-8-5-2/h9,12,16,18-21,23,25,27-28,30-31,33,36,39,59H,4-8,10-11,13-15,17,22,24,26,29,32,34-35,37-38,40-58H2,1-3H3/b12-9-,19-16-,21-18-,23-20-,27-25-,30-28-,33-31-,39-36-. The normalized spacial score (nSPS) is 12.8. The Morgan fingerprint density at radius 3 is 0.941 bits per heavy atom. The third-order valence-electron chi connectivity index (χ3n) is 11.8. The van der Waals surface area contributed by atoms with Crippen LogP contribution in [0.5, 0.6) is 0 Å². The minimum atomic E-state index is -0.801. The van der Waals surface area contributed by atoms with Gasteiger partial charge in [0.05, 0.1) is 0 Å². The third kappa shape index (κ3) is 53.3. The first-order chi connectivity index (χ1) is 33.5. The predicted molar refractivity (Wildman–Crippen MR) is 293 cm³/mol. The highest BCUT2D eigenvalue weighted by Gasteiger charge is 2.19. The Kier molecular flexibility index (Phi) is 52.9. The van der Waals surface area contributed by atoms with Crippen molar-refractivity contribution in [2.75, 3.05) is 13.2 Å². The Bertz CT molecular complexity index is 1360. The van der Waals surface area contributed by atoms with Gasteiger partial charge in [0.15, 0.2) is 6.10 Å². The zero-order chi connectivity index (χ0) is 49.3. The summed E-state index contributed by atoms with van der Waals surface area (Å²) in [5.74, 6) is -0.946. The molecule has 0 saturated heterocycles. The van der Waals surface area contributed by atoms with Gasteiger partial charge in [-0.25, -0.2) is 0 Å². The fourth-order valence-corrected chi connectivity index (χ4v) is 7.55. The van der Waals surface area contributed by atoms with E-state index >= 15 is 0 Å². The summed E-state index contributed by atoms with van der Waals surface area (Å²) in [6.45, 7) is 6.44. The number of unbranched alkanes of at least 4 members (excludes halogenated alkanes) is 23. The van der Waals surface area contributed by atoms with Gasteiger partial charge in [-0.15, -0.1) is 0 Å². The zero-order valence-electron chi connectivity index (χ0n) is 44.3. The number of ether oxygens (including phenoxy) is 3. The van der Waals surface area contributed by atoms with Crippen LogP contribution < -0.4 is 0 Å². The lowest BCUT2D eigenvalue weighted by Gasteiger charge is -2.18. The van der Waals surface area contributed by atoms with Crippen molar-refractivity contribution < 1.29 is 28.6 Å². The van der Waals surface area contributed by atoms with Crippen molar-refractivity contribution in [1.29, 1.82) is 0 Å². The summed E-state index contributed by atoms with van der Waals surface area (Å²) in [4.78, 5) is 38.1. The van der Waals surface area contributed by atoms with Gasteiger partial charge in [-0.2, -0.15) is 0 Å². The molecule has 0 aromatic carbocycles. The maximum atomic E-state index is 12.8. The molecule has 0 aliphatic rings. The Morgan fingerprint density at radius 2 is 0.574 bits per heavy atom. The lowest BCUT2D eigenvalue weighted by molar-refractivity contribution is -0.167. The molecule has 0 spiro atoms.